The van der Waals surface area contributed by atoms with Crippen molar-refractivity contribution in [3.05, 3.63) is 143 Å². The van der Waals surface area contributed by atoms with E-state index in [4.69, 9.17) is 28.4 Å². The van der Waals surface area contributed by atoms with Gasteiger partial charge in [-0.15, -0.1) is 0 Å². The van der Waals surface area contributed by atoms with Crippen LogP contribution < -0.4 is 9.47 Å². The number of esters is 2. The number of halogens is 2. The Hall–Kier alpha value is -5.94. The van der Waals surface area contributed by atoms with Crippen LogP contribution in [0.2, 0.25) is 0 Å². The van der Waals surface area contributed by atoms with Crippen molar-refractivity contribution in [2.45, 2.75) is 103 Å². The molecule has 0 radical (unpaired) electrons. The third kappa shape index (κ3) is 20.1. The molecule has 4 aromatic carbocycles. The van der Waals surface area contributed by atoms with Crippen LogP contribution >= 0.6 is 0 Å². The molecular weight excluding hydrogens is 791 g/mol. The second-order valence-corrected chi connectivity index (χ2v) is 14.9. The molecule has 328 valence electrons. The summed E-state index contributed by atoms with van der Waals surface area (Å²) in [5.74, 6) is 11.9. The van der Waals surface area contributed by atoms with Gasteiger partial charge in [-0.2, -0.15) is 0 Å². The van der Waals surface area contributed by atoms with Gasteiger partial charge in [0, 0.05) is 47.6 Å². The molecule has 0 saturated heterocycles. The minimum Gasteiger partial charge on any atom is -0.494 e. The molecule has 8 nitrogen and oxygen atoms in total. The maximum atomic E-state index is 13.1. The quantitative estimate of drug-likeness (QED) is 0.0298. The number of hydrogen-bond acceptors (Lipinski definition) is 8. The highest BCUT2D eigenvalue weighted by Crippen LogP contribution is 2.15. The van der Waals surface area contributed by atoms with Gasteiger partial charge in [0.05, 0.1) is 25.4 Å². The highest BCUT2D eigenvalue weighted by atomic mass is 19.1. The lowest BCUT2D eigenvalue weighted by atomic mass is 10.2. The van der Waals surface area contributed by atoms with Crippen LogP contribution in [0.1, 0.15) is 101 Å². The third-order valence-corrected chi connectivity index (χ3v) is 9.76. The van der Waals surface area contributed by atoms with Gasteiger partial charge >= 0.3 is 11.9 Å². The summed E-state index contributed by atoms with van der Waals surface area (Å²) in [6.07, 6.45) is 7.98. The van der Waals surface area contributed by atoms with E-state index in [1.807, 2.05) is 62.4 Å². The van der Waals surface area contributed by atoms with Gasteiger partial charge in [-0.1, -0.05) is 36.5 Å². The number of hydrogen-bond donors (Lipinski definition) is 0. The van der Waals surface area contributed by atoms with Gasteiger partial charge < -0.3 is 28.4 Å². The maximum Gasteiger partial charge on any atom is 0.331 e. The molecule has 0 amide bonds. The molecular formula is C52H58F2O8. The van der Waals surface area contributed by atoms with Crippen molar-refractivity contribution in [1.29, 1.82) is 0 Å². The van der Waals surface area contributed by atoms with Gasteiger partial charge in [0.1, 0.15) is 35.3 Å². The molecule has 0 aliphatic rings. The fourth-order valence-corrected chi connectivity index (χ4v) is 5.70. The van der Waals surface area contributed by atoms with Gasteiger partial charge in [-0.3, -0.25) is 0 Å². The number of carbonyl (C=O) groups excluding carboxylic acids is 2. The fourth-order valence-electron chi connectivity index (χ4n) is 5.70. The second-order valence-electron chi connectivity index (χ2n) is 14.9. The first-order valence-electron chi connectivity index (χ1n) is 21.4. The smallest absolute Gasteiger partial charge is 0.331 e. The lowest BCUT2D eigenvalue weighted by Crippen LogP contribution is -2.29. The SMILES string of the molecule is CC(OCCCCCCOc1ccc(C#Cc2ccc(F)cc2)cc1)C(C)OC(=O)/C=C/C(=O)OC(C)C(C)OCCCCCCOc1ccc(C#Cc2ccc(F)cc2)cc1. The summed E-state index contributed by atoms with van der Waals surface area (Å²) in [4.78, 5) is 24.7. The Kier molecular flexibility index (Phi) is 21.9. The molecule has 4 rings (SSSR count). The maximum absolute atomic E-state index is 13.1. The van der Waals surface area contributed by atoms with Crippen molar-refractivity contribution in [3.8, 4) is 35.2 Å². The number of ether oxygens (including phenoxy) is 6. The van der Waals surface area contributed by atoms with E-state index in [2.05, 4.69) is 23.7 Å². The van der Waals surface area contributed by atoms with E-state index in [0.717, 1.165) is 97.3 Å². The zero-order valence-electron chi connectivity index (χ0n) is 36.2. The molecule has 0 spiro atoms. The highest BCUT2D eigenvalue weighted by molar-refractivity contribution is 5.91. The standard InChI is InChI=1S/C52H58F2O8/c1-39(57-35-9-5-7-11-37-59-49-29-21-45(22-30-49)15-13-43-17-25-47(53)26-18-43)41(3)61-51(55)33-34-52(56)62-42(4)40(2)58-36-10-6-8-12-38-60-50-31-23-46(24-32-50)16-14-44-19-27-48(54)28-20-44/h17-34,39-42H,5-12,35-38H2,1-4H3/b34-33+. The molecule has 0 aliphatic heterocycles. The first kappa shape index (κ1) is 48.7. The van der Waals surface area contributed by atoms with Crippen LogP contribution in [0.25, 0.3) is 0 Å². The lowest BCUT2D eigenvalue weighted by molar-refractivity contribution is -0.152. The summed E-state index contributed by atoms with van der Waals surface area (Å²) in [6.45, 7) is 9.49. The van der Waals surface area contributed by atoms with Gasteiger partial charge in [-0.25, -0.2) is 18.4 Å². The molecule has 0 heterocycles. The summed E-state index contributed by atoms with van der Waals surface area (Å²) in [7, 11) is 0. The number of benzene rings is 4. The van der Waals surface area contributed by atoms with Crippen molar-refractivity contribution in [2.75, 3.05) is 26.4 Å². The summed E-state index contributed by atoms with van der Waals surface area (Å²) in [5, 5.41) is 0. The van der Waals surface area contributed by atoms with Crippen LogP contribution in [0.4, 0.5) is 8.78 Å². The highest BCUT2D eigenvalue weighted by Gasteiger charge is 2.18. The molecule has 0 fully saturated rings. The molecule has 0 N–H and O–H groups in total. The van der Waals surface area contributed by atoms with E-state index in [-0.39, 0.29) is 23.8 Å². The Morgan fingerprint density at radius 3 is 1.05 bits per heavy atom. The Bertz CT molecular complexity index is 1930. The molecule has 0 saturated carbocycles. The van der Waals surface area contributed by atoms with E-state index < -0.39 is 24.1 Å². The fraction of sp³-hybridized carbons (Fsp3) is 0.385. The molecule has 0 aliphatic carbocycles. The molecule has 0 bridgehead atoms. The molecule has 4 atom stereocenters. The van der Waals surface area contributed by atoms with Crippen molar-refractivity contribution in [2.24, 2.45) is 0 Å². The molecule has 4 unspecified atom stereocenters. The second kappa shape index (κ2) is 27.8. The van der Waals surface area contributed by atoms with E-state index in [1.54, 1.807) is 38.1 Å². The Morgan fingerprint density at radius 1 is 0.435 bits per heavy atom. The number of unbranched alkanes of at least 4 members (excludes halogenated alkanes) is 6. The lowest BCUT2D eigenvalue weighted by Gasteiger charge is -2.21. The zero-order chi connectivity index (χ0) is 44.4. The minimum atomic E-state index is -0.650. The van der Waals surface area contributed by atoms with Crippen LogP contribution in [0.3, 0.4) is 0 Å². The van der Waals surface area contributed by atoms with Crippen LogP contribution in [0.5, 0.6) is 11.5 Å². The van der Waals surface area contributed by atoms with Crippen LogP contribution in [0, 0.1) is 35.3 Å². The Morgan fingerprint density at radius 2 is 0.726 bits per heavy atom. The summed E-state index contributed by atoms with van der Waals surface area (Å²) >= 11 is 0. The average molecular weight is 849 g/mol. The van der Waals surface area contributed by atoms with E-state index in [9.17, 15) is 18.4 Å². The molecule has 62 heavy (non-hydrogen) atoms. The summed E-state index contributed by atoms with van der Waals surface area (Å²) < 4.78 is 60.4. The number of rotatable bonds is 24. The normalized spacial score (nSPS) is 12.8. The molecule has 4 aromatic rings. The Balaban J connectivity index is 0.957. The molecule has 0 aromatic heterocycles. The Labute approximate surface area is 365 Å². The summed E-state index contributed by atoms with van der Waals surface area (Å²) in [5.41, 5.74) is 3.22. The zero-order valence-corrected chi connectivity index (χ0v) is 36.2. The predicted molar refractivity (Wildman–Crippen MR) is 237 cm³/mol. The van der Waals surface area contributed by atoms with Crippen molar-refractivity contribution < 1.29 is 46.8 Å². The van der Waals surface area contributed by atoms with E-state index >= 15 is 0 Å². The predicted octanol–water partition coefficient (Wildman–Crippen LogP) is 10.6. The molecule has 10 heteroatoms. The first-order valence-corrected chi connectivity index (χ1v) is 21.4. The van der Waals surface area contributed by atoms with E-state index in [1.165, 1.54) is 24.3 Å². The van der Waals surface area contributed by atoms with Crippen molar-refractivity contribution in [1.82, 2.24) is 0 Å². The summed E-state index contributed by atoms with van der Waals surface area (Å²) in [6, 6.07) is 27.3. The van der Waals surface area contributed by atoms with Crippen molar-refractivity contribution in [3.63, 3.8) is 0 Å². The van der Waals surface area contributed by atoms with Crippen molar-refractivity contribution >= 4 is 11.9 Å². The largest absolute Gasteiger partial charge is 0.494 e. The van der Waals surface area contributed by atoms with Gasteiger partial charge in [-0.05, 0) is 163 Å². The first-order chi connectivity index (χ1) is 30.0. The van der Waals surface area contributed by atoms with Crippen LogP contribution in [-0.2, 0) is 28.5 Å². The van der Waals surface area contributed by atoms with Crippen LogP contribution in [-0.4, -0.2) is 62.8 Å². The average Bonchev–Trinajstić information content (AvgIpc) is 3.27. The van der Waals surface area contributed by atoms with Gasteiger partial charge in [0.25, 0.3) is 0 Å². The topological polar surface area (TPSA) is 89.5 Å². The van der Waals surface area contributed by atoms with Gasteiger partial charge in [0.2, 0.25) is 0 Å². The third-order valence-electron chi connectivity index (χ3n) is 9.76. The van der Waals surface area contributed by atoms with E-state index in [0.29, 0.717) is 26.4 Å². The van der Waals surface area contributed by atoms with Crippen LogP contribution in [0.15, 0.2) is 109 Å². The minimum absolute atomic E-state index is 0.282. The van der Waals surface area contributed by atoms with Gasteiger partial charge in [0.15, 0.2) is 0 Å². The monoisotopic (exact) mass is 848 g/mol. The number of carbonyl (C=O) groups is 2.